The summed E-state index contributed by atoms with van der Waals surface area (Å²) in [6.45, 7) is 3.55. The van der Waals surface area contributed by atoms with Gasteiger partial charge in [0.25, 0.3) is 0 Å². The zero-order chi connectivity index (χ0) is 12.1. The van der Waals surface area contributed by atoms with Crippen LogP contribution in [0.15, 0.2) is 12.4 Å². The van der Waals surface area contributed by atoms with Gasteiger partial charge in [-0.1, -0.05) is 0 Å². The number of anilines is 1. The van der Waals surface area contributed by atoms with Crippen molar-refractivity contribution in [1.82, 2.24) is 15.3 Å². The molecule has 2 N–H and O–H groups in total. The van der Waals surface area contributed by atoms with Gasteiger partial charge in [-0.05, 0) is 5.92 Å². The van der Waals surface area contributed by atoms with Crippen LogP contribution in [0.5, 0.6) is 0 Å². The van der Waals surface area contributed by atoms with Gasteiger partial charge >= 0.3 is 5.97 Å². The lowest BCUT2D eigenvalue weighted by Crippen LogP contribution is -2.44. The smallest absolute Gasteiger partial charge is 0.382 e. The summed E-state index contributed by atoms with van der Waals surface area (Å²) < 4.78 is 0. The molecule has 0 radical (unpaired) electrons. The molecule has 1 fully saturated rings. The molecule has 0 spiro atoms. The Hall–Kier alpha value is -2.13. The molecule has 1 aliphatic rings. The van der Waals surface area contributed by atoms with Crippen molar-refractivity contribution in [2.24, 2.45) is 0 Å². The van der Waals surface area contributed by atoms with Crippen molar-refractivity contribution in [2.75, 3.05) is 31.1 Å². The lowest BCUT2D eigenvalue weighted by Gasteiger charge is -2.27. The third-order valence-corrected chi connectivity index (χ3v) is 2.36. The number of carboxylic acids is 1. The van der Waals surface area contributed by atoms with E-state index in [1.54, 1.807) is 6.20 Å². The van der Waals surface area contributed by atoms with E-state index in [0.717, 1.165) is 32.0 Å². The van der Waals surface area contributed by atoms with Crippen molar-refractivity contribution in [1.29, 1.82) is 0 Å². The Balaban J connectivity index is 2.16. The maximum atomic E-state index is 10.3. The van der Waals surface area contributed by atoms with Crippen molar-refractivity contribution < 1.29 is 9.90 Å². The molecule has 6 nitrogen and oxygen atoms in total. The van der Waals surface area contributed by atoms with Crippen LogP contribution < -0.4 is 10.2 Å². The van der Waals surface area contributed by atoms with E-state index >= 15 is 0 Å². The highest BCUT2D eigenvalue weighted by atomic mass is 16.4. The van der Waals surface area contributed by atoms with Gasteiger partial charge in [0.1, 0.15) is 11.5 Å². The van der Waals surface area contributed by atoms with Crippen LogP contribution in [0.25, 0.3) is 0 Å². The van der Waals surface area contributed by atoms with Crippen molar-refractivity contribution in [3.63, 3.8) is 0 Å². The maximum absolute atomic E-state index is 10.3. The molecule has 1 aromatic heterocycles. The van der Waals surface area contributed by atoms with E-state index in [1.165, 1.54) is 6.20 Å². The van der Waals surface area contributed by atoms with Gasteiger partial charge in [-0.15, -0.1) is 0 Å². The standard InChI is InChI=1S/C11H12N4O2/c16-11(17)2-1-9-7-13-8-10(14-9)15-5-3-12-4-6-15/h7-8,12H,3-6H2,(H,16,17). The third-order valence-electron chi connectivity index (χ3n) is 2.36. The first kappa shape index (κ1) is 11.4. The Kier molecular flexibility index (Phi) is 3.52. The highest BCUT2D eigenvalue weighted by Crippen LogP contribution is 2.09. The summed E-state index contributed by atoms with van der Waals surface area (Å²) in [6, 6.07) is 0. The van der Waals surface area contributed by atoms with Crippen LogP contribution in [-0.4, -0.2) is 47.2 Å². The van der Waals surface area contributed by atoms with Gasteiger partial charge in [-0.2, -0.15) is 0 Å². The molecule has 2 heterocycles. The topological polar surface area (TPSA) is 78.3 Å². The van der Waals surface area contributed by atoms with Crippen molar-refractivity contribution in [3.8, 4) is 11.8 Å². The van der Waals surface area contributed by atoms with E-state index in [0.29, 0.717) is 5.69 Å². The molecule has 0 unspecified atom stereocenters. The Bertz CT molecular complexity index is 472. The lowest BCUT2D eigenvalue weighted by atomic mass is 10.3. The van der Waals surface area contributed by atoms with Crippen LogP contribution in [-0.2, 0) is 4.79 Å². The molecule has 0 aliphatic carbocycles. The summed E-state index contributed by atoms with van der Waals surface area (Å²) in [6.07, 6.45) is 3.12. The van der Waals surface area contributed by atoms with Gasteiger partial charge in [0.2, 0.25) is 0 Å². The first-order valence-electron chi connectivity index (χ1n) is 5.28. The largest absolute Gasteiger partial charge is 0.472 e. The van der Waals surface area contributed by atoms with E-state index in [9.17, 15) is 4.79 Å². The summed E-state index contributed by atoms with van der Waals surface area (Å²) in [5, 5.41) is 11.7. The molecule has 1 aliphatic heterocycles. The fourth-order valence-electron chi connectivity index (χ4n) is 1.58. The number of hydrogen-bond donors (Lipinski definition) is 2. The third kappa shape index (κ3) is 3.16. The van der Waals surface area contributed by atoms with Gasteiger partial charge in [0.05, 0.1) is 12.4 Å². The van der Waals surface area contributed by atoms with Crippen LogP contribution in [0.4, 0.5) is 5.82 Å². The first-order valence-corrected chi connectivity index (χ1v) is 5.28. The zero-order valence-corrected chi connectivity index (χ0v) is 9.18. The molecule has 1 aromatic rings. The zero-order valence-electron chi connectivity index (χ0n) is 9.18. The van der Waals surface area contributed by atoms with Crippen molar-refractivity contribution in [3.05, 3.63) is 18.1 Å². The molecule has 0 saturated carbocycles. The summed E-state index contributed by atoms with van der Waals surface area (Å²) in [5.74, 6) is 4.06. The van der Waals surface area contributed by atoms with E-state index < -0.39 is 5.97 Å². The Morgan fingerprint density at radius 1 is 1.41 bits per heavy atom. The Labute approximate surface area is 98.7 Å². The molecule has 1 saturated heterocycles. The molecule has 0 aromatic carbocycles. The first-order chi connectivity index (χ1) is 8.25. The fourth-order valence-corrected chi connectivity index (χ4v) is 1.58. The molecular formula is C11H12N4O2. The number of nitrogens with zero attached hydrogens (tertiary/aromatic N) is 3. The van der Waals surface area contributed by atoms with Gasteiger partial charge in [0.15, 0.2) is 0 Å². The van der Waals surface area contributed by atoms with E-state index in [4.69, 9.17) is 5.11 Å². The monoisotopic (exact) mass is 232 g/mol. The molecule has 6 heteroatoms. The number of rotatable bonds is 1. The molecule has 2 rings (SSSR count). The van der Waals surface area contributed by atoms with E-state index in [1.807, 2.05) is 5.92 Å². The molecule has 0 bridgehead atoms. The van der Waals surface area contributed by atoms with Gasteiger partial charge in [0, 0.05) is 32.1 Å². The average Bonchev–Trinajstić information content (AvgIpc) is 2.38. The molecule has 0 amide bonds. The fraction of sp³-hybridized carbons (Fsp3) is 0.364. The number of aromatic nitrogens is 2. The van der Waals surface area contributed by atoms with Crippen LogP contribution in [0.3, 0.4) is 0 Å². The lowest BCUT2D eigenvalue weighted by molar-refractivity contribution is -0.130. The minimum absolute atomic E-state index is 0.378. The van der Waals surface area contributed by atoms with Crippen LogP contribution in [0, 0.1) is 11.8 Å². The van der Waals surface area contributed by atoms with Gasteiger partial charge in [-0.3, -0.25) is 4.98 Å². The van der Waals surface area contributed by atoms with Crippen LogP contribution in [0.1, 0.15) is 5.69 Å². The summed E-state index contributed by atoms with van der Waals surface area (Å²) in [7, 11) is 0. The Morgan fingerprint density at radius 2 is 2.18 bits per heavy atom. The SMILES string of the molecule is O=C(O)C#Cc1cncc(N2CCNCC2)n1. The second-order valence-corrected chi connectivity index (χ2v) is 3.55. The Morgan fingerprint density at radius 3 is 2.88 bits per heavy atom. The molecule has 88 valence electrons. The van der Waals surface area contributed by atoms with E-state index in [2.05, 4.69) is 26.1 Å². The quantitative estimate of drug-likeness (QED) is 0.625. The number of aliphatic carboxylic acids is 1. The van der Waals surface area contributed by atoms with Crippen molar-refractivity contribution in [2.45, 2.75) is 0 Å². The molecule has 17 heavy (non-hydrogen) atoms. The number of carbonyl (C=O) groups is 1. The summed E-state index contributed by atoms with van der Waals surface area (Å²) >= 11 is 0. The predicted octanol–water partition coefficient (Wildman–Crippen LogP) is -0.678. The maximum Gasteiger partial charge on any atom is 0.382 e. The molecule has 0 atom stereocenters. The van der Waals surface area contributed by atoms with Crippen LogP contribution >= 0.6 is 0 Å². The molecular weight excluding hydrogens is 220 g/mol. The second-order valence-electron chi connectivity index (χ2n) is 3.55. The van der Waals surface area contributed by atoms with Gasteiger partial charge in [-0.25, -0.2) is 9.78 Å². The highest BCUT2D eigenvalue weighted by Gasteiger charge is 2.11. The van der Waals surface area contributed by atoms with Gasteiger partial charge < -0.3 is 15.3 Å². The number of nitrogens with one attached hydrogen (secondary N) is 1. The number of hydrogen-bond acceptors (Lipinski definition) is 5. The predicted molar refractivity (Wildman–Crippen MR) is 61.6 cm³/mol. The number of carboxylic acid groups (broad SMARTS) is 1. The normalized spacial score (nSPS) is 14.9. The highest BCUT2D eigenvalue weighted by molar-refractivity contribution is 5.87. The summed E-state index contributed by atoms with van der Waals surface area (Å²) in [5.41, 5.74) is 0.378. The second kappa shape index (κ2) is 5.27. The van der Waals surface area contributed by atoms with Crippen molar-refractivity contribution >= 4 is 11.8 Å². The minimum atomic E-state index is -1.17. The number of piperazine rings is 1. The summed E-state index contributed by atoms with van der Waals surface area (Å²) in [4.78, 5) is 20.7. The minimum Gasteiger partial charge on any atom is -0.472 e. The average molecular weight is 232 g/mol. The van der Waals surface area contributed by atoms with E-state index in [-0.39, 0.29) is 0 Å². The van der Waals surface area contributed by atoms with Crippen LogP contribution in [0.2, 0.25) is 0 Å².